The van der Waals surface area contributed by atoms with Crippen molar-refractivity contribution < 1.29 is 33.2 Å². The fourth-order valence-electron chi connectivity index (χ4n) is 10.8. The number of nitrogens with zero attached hydrogens (tertiary/aromatic N) is 2. The van der Waals surface area contributed by atoms with Crippen LogP contribution in [0, 0.1) is 56.2 Å². The number of fused-ring (bicyclic) bond motifs is 7. The Hall–Kier alpha value is -1.62. The number of amides is 1. The Kier molecular flexibility index (Phi) is 6.67. The minimum Gasteiger partial charge on any atom is -0.366 e. The monoisotopic (exact) mass is 536 g/mol. The second kappa shape index (κ2) is 8.94. The van der Waals surface area contributed by atoms with Crippen LogP contribution in [-0.2, 0) is 14.4 Å². The summed E-state index contributed by atoms with van der Waals surface area (Å²) >= 11 is 0. The first-order valence-corrected chi connectivity index (χ1v) is 15.2. The summed E-state index contributed by atoms with van der Waals surface area (Å²) in [5, 5.41) is 9.92. The first kappa shape index (κ1) is 29.9. The molecule has 6 aliphatic rings. The van der Waals surface area contributed by atoms with Crippen molar-refractivity contribution >= 4 is 17.5 Å². The number of carbonyl (C=O) groups excluding carboxylic acids is 3. The number of ketones is 2. The van der Waals surface area contributed by atoms with Crippen molar-refractivity contribution in [2.45, 2.75) is 112 Å². The number of nitriles is 1. The molecular weight excluding hydrogens is 491 g/mol. The molecule has 0 bridgehead atoms. The molecule has 5 nitrogen and oxygen atoms in total. The third kappa shape index (κ3) is 3.54. The number of hydrogen-bond acceptors (Lipinski definition) is 4. The molecule has 3 saturated carbocycles. The zero-order valence-corrected chi connectivity index (χ0v) is 26.0. The van der Waals surface area contributed by atoms with Gasteiger partial charge in [-0.3, -0.25) is 20.3 Å². The standard InChI is InChI=1S/C34H45N2O3.Li/c1-29(2)12-14-34(36-16-8-9-26(36)38)15-13-33(7)27(22(34)19-29)23(37)17-25-31(5)18-21(20-35)28(39)30(3,4)24(31)10-11-32(25,33)6;/h17-18,24,27H,8-16,19H2,1-7H3;/q-1;+1/t24?,27-,31-,32+,33+,34-;/m0./s1. The average molecular weight is 537 g/mol. The fourth-order valence-corrected chi connectivity index (χ4v) is 10.8. The summed E-state index contributed by atoms with van der Waals surface area (Å²) in [6.07, 6.45) is 12.0. The predicted molar refractivity (Wildman–Crippen MR) is 150 cm³/mol. The first-order chi connectivity index (χ1) is 18.1. The second-order valence-electron chi connectivity index (χ2n) is 15.8. The molecule has 210 valence electrons. The minimum absolute atomic E-state index is 0. The summed E-state index contributed by atoms with van der Waals surface area (Å²) in [5.74, 6) is 1.54. The molecule has 6 heteroatoms. The molecule has 0 aromatic rings. The van der Waals surface area contributed by atoms with Crippen LogP contribution in [0.5, 0.6) is 0 Å². The van der Waals surface area contributed by atoms with Crippen LogP contribution in [0.4, 0.5) is 0 Å². The number of carbonyl (C=O) groups is 3. The largest absolute Gasteiger partial charge is 1.00 e. The van der Waals surface area contributed by atoms with Crippen molar-refractivity contribution in [3.05, 3.63) is 29.2 Å². The van der Waals surface area contributed by atoms with E-state index < -0.39 is 10.8 Å². The molecule has 0 spiro atoms. The van der Waals surface area contributed by atoms with Gasteiger partial charge in [0, 0.05) is 23.8 Å². The first-order valence-electron chi connectivity index (χ1n) is 15.2. The Morgan fingerprint density at radius 1 is 0.975 bits per heavy atom. The van der Waals surface area contributed by atoms with Crippen LogP contribution in [0.3, 0.4) is 0 Å². The van der Waals surface area contributed by atoms with Crippen molar-refractivity contribution in [3.63, 3.8) is 0 Å². The Bertz CT molecular complexity index is 1290. The van der Waals surface area contributed by atoms with E-state index in [9.17, 15) is 19.6 Å². The quantitative estimate of drug-likeness (QED) is 0.379. The molecule has 0 radical (unpaired) electrons. The summed E-state index contributed by atoms with van der Waals surface area (Å²) < 4.78 is 0. The zero-order chi connectivity index (χ0) is 28.4. The number of allylic oxidation sites excluding steroid dienone is 4. The van der Waals surface area contributed by atoms with E-state index >= 15 is 0 Å². The summed E-state index contributed by atoms with van der Waals surface area (Å²) in [7, 11) is 0. The number of likely N-dealkylation sites (tertiary alicyclic amines) is 1. The van der Waals surface area contributed by atoms with Gasteiger partial charge in [0.05, 0.1) is 5.57 Å². The molecule has 0 aromatic heterocycles. The maximum Gasteiger partial charge on any atom is 1.00 e. The Balaban J connectivity index is 0.00000323. The van der Waals surface area contributed by atoms with Gasteiger partial charge in [-0.1, -0.05) is 96.2 Å². The number of hydrogen-bond donors (Lipinski definition) is 0. The molecular formula is C34H45LiN2O3. The van der Waals surface area contributed by atoms with Crippen LogP contribution in [0.15, 0.2) is 23.3 Å². The number of rotatable bonds is 1. The van der Waals surface area contributed by atoms with Gasteiger partial charge in [0.25, 0.3) is 0 Å². The summed E-state index contributed by atoms with van der Waals surface area (Å²) in [6.45, 7) is 16.3. The van der Waals surface area contributed by atoms with Gasteiger partial charge in [0.2, 0.25) is 5.91 Å². The maximum atomic E-state index is 14.6. The average Bonchev–Trinajstić information content (AvgIpc) is 3.29. The fraction of sp³-hybridized carbons (Fsp3) is 0.735. The van der Waals surface area contributed by atoms with E-state index in [0.717, 1.165) is 63.5 Å². The van der Waals surface area contributed by atoms with E-state index in [1.165, 1.54) is 5.92 Å². The van der Waals surface area contributed by atoms with Gasteiger partial charge in [-0.2, -0.15) is 11.7 Å². The summed E-state index contributed by atoms with van der Waals surface area (Å²) in [5.41, 5.74) is -0.507. The van der Waals surface area contributed by atoms with Crippen molar-refractivity contribution in [2.24, 2.45) is 38.9 Å². The Morgan fingerprint density at radius 3 is 2.27 bits per heavy atom. The van der Waals surface area contributed by atoms with Crippen LogP contribution < -0.4 is 18.9 Å². The van der Waals surface area contributed by atoms with E-state index in [-0.39, 0.29) is 75.5 Å². The predicted octanol–water partition coefficient (Wildman–Crippen LogP) is 3.54. The smallest absolute Gasteiger partial charge is 0.366 e. The van der Waals surface area contributed by atoms with Crippen LogP contribution >= 0.6 is 0 Å². The molecule has 6 atom stereocenters. The van der Waals surface area contributed by atoms with Crippen molar-refractivity contribution in [3.8, 4) is 6.07 Å². The van der Waals surface area contributed by atoms with Gasteiger partial charge < -0.3 is 4.90 Å². The molecule has 6 rings (SSSR count). The van der Waals surface area contributed by atoms with Gasteiger partial charge in [-0.25, -0.2) is 0 Å². The van der Waals surface area contributed by atoms with E-state index in [1.807, 2.05) is 26.0 Å². The molecule has 1 unspecified atom stereocenters. The van der Waals surface area contributed by atoms with Gasteiger partial charge in [0.1, 0.15) is 11.9 Å². The van der Waals surface area contributed by atoms with Crippen molar-refractivity contribution in [1.29, 1.82) is 5.26 Å². The van der Waals surface area contributed by atoms with Crippen molar-refractivity contribution in [1.82, 2.24) is 4.90 Å². The molecule has 0 N–H and O–H groups in total. The zero-order valence-electron chi connectivity index (χ0n) is 26.0. The number of Topliss-reactive ketones (excluding diaryl/α,β-unsaturated/α-hetero) is 1. The van der Waals surface area contributed by atoms with Crippen molar-refractivity contribution in [2.75, 3.05) is 6.54 Å². The van der Waals surface area contributed by atoms with Crippen LogP contribution in [0.2, 0.25) is 0 Å². The maximum absolute atomic E-state index is 14.6. The Labute approximate surface area is 252 Å². The third-order valence-corrected chi connectivity index (χ3v) is 13.0. The Morgan fingerprint density at radius 2 is 1.65 bits per heavy atom. The molecule has 1 amide bonds. The van der Waals surface area contributed by atoms with E-state index in [2.05, 4.69) is 45.6 Å². The van der Waals surface area contributed by atoms with Gasteiger partial charge >= 0.3 is 18.9 Å². The second-order valence-corrected chi connectivity index (χ2v) is 15.8. The molecule has 4 fully saturated rings. The minimum atomic E-state index is -0.655. The molecule has 5 aliphatic carbocycles. The summed E-state index contributed by atoms with van der Waals surface area (Å²) in [4.78, 5) is 43.2. The molecule has 1 saturated heterocycles. The normalized spacial score (nSPS) is 43.8. The van der Waals surface area contributed by atoms with Gasteiger partial charge in [0.15, 0.2) is 5.78 Å². The molecule has 40 heavy (non-hydrogen) atoms. The third-order valence-electron chi connectivity index (χ3n) is 13.0. The molecule has 0 aromatic carbocycles. The van der Waals surface area contributed by atoms with Crippen LogP contribution in [-0.4, -0.2) is 34.5 Å². The topological polar surface area (TPSA) is 78.2 Å². The van der Waals surface area contributed by atoms with Gasteiger partial charge in [-0.15, -0.1) is 0 Å². The van der Waals surface area contributed by atoms with Crippen LogP contribution in [0.1, 0.15) is 106 Å². The summed E-state index contributed by atoms with van der Waals surface area (Å²) in [6, 6.07) is 2.20. The van der Waals surface area contributed by atoms with Crippen LogP contribution in [0.25, 0.3) is 0 Å². The SMILES string of the molecule is CC1(C)CC[C@]2(N3CCCC3=O)CC[C@]3(C)[C@H](C(=O)C=C4[C@@]5(C)C=C(C#N)C(=O)C(C)(C)C5CC[C@]43C)[C-]2C1.[Li+]. The van der Waals surface area contributed by atoms with E-state index in [0.29, 0.717) is 6.42 Å². The molecule has 1 aliphatic heterocycles. The van der Waals surface area contributed by atoms with Gasteiger partial charge in [-0.05, 0) is 48.5 Å². The molecule has 1 heterocycles. The van der Waals surface area contributed by atoms with E-state index in [1.54, 1.807) is 0 Å². The van der Waals surface area contributed by atoms with E-state index in [4.69, 9.17) is 0 Å².